The topological polar surface area (TPSA) is 153 Å². The molecule has 0 bridgehead atoms. The zero-order chi connectivity index (χ0) is 25.0. The van der Waals surface area contributed by atoms with Crippen molar-refractivity contribution in [3.05, 3.63) is 52.6 Å². The van der Waals surface area contributed by atoms with Gasteiger partial charge < -0.3 is 24.5 Å². The molecule has 1 aromatic carbocycles. The van der Waals surface area contributed by atoms with Crippen LogP contribution in [0.5, 0.6) is 5.75 Å². The normalized spacial score (nSPS) is 22.3. The number of nitrogens with zero attached hydrogens (tertiary/aromatic N) is 2. The molecule has 3 N–H and O–H groups in total. The second-order valence-electron chi connectivity index (χ2n) is 8.45. The van der Waals surface area contributed by atoms with E-state index < -0.39 is 38.0 Å². The molecule has 1 unspecified atom stereocenters. The van der Waals surface area contributed by atoms with Crippen molar-refractivity contribution in [1.29, 1.82) is 0 Å². The summed E-state index contributed by atoms with van der Waals surface area (Å²) < 4.78 is 41.9. The van der Waals surface area contributed by atoms with Gasteiger partial charge in [-0.15, -0.1) is 0 Å². The minimum Gasteiger partial charge on any atom is -0.468 e. The second-order valence-corrected chi connectivity index (χ2v) is 10.1. The monoisotopic (exact) mass is 508 g/mol. The number of carbonyl (C=O) groups is 1. The number of carbonyl (C=O) groups excluding carboxylic acids is 1. The van der Waals surface area contributed by atoms with Gasteiger partial charge in [-0.3, -0.25) is 13.9 Å². The minimum atomic E-state index is -4.06. The summed E-state index contributed by atoms with van der Waals surface area (Å²) in [5.74, 6) is 0.493. The van der Waals surface area contributed by atoms with Crippen LogP contribution in [-0.4, -0.2) is 48.2 Å². The Kier molecular flexibility index (Phi) is 7.88. The molecule has 1 aliphatic carbocycles. The molecule has 190 valence electrons. The van der Waals surface area contributed by atoms with Crippen molar-refractivity contribution in [1.82, 2.24) is 14.6 Å². The Bertz CT molecular complexity index is 1140. The number of hydrogen-bond acceptors (Lipinski definition) is 10. The first-order chi connectivity index (χ1) is 16.7. The molecular formula is C22H29N4O8P. The van der Waals surface area contributed by atoms with Gasteiger partial charge in [-0.1, -0.05) is 12.1 Å². The molecule has 4 rings (SSSR count). The molecule has 2 heterocycles. The lowest BCUT2D eigenvalue weighted by Gasteiger charge is -2.23. The third kappa shape index (κ3) is 6.89. The predicted octanol–water partition coefficient (Wildman–Crippen LogP) is 2.00. The smallest absolute Gasteiger partial charge is 0.459 e. The van der Waals surface area contributed by atoms with E-state index in [9.17, 15) is 14.2 Å². The van der Waals surface area contributed by atoms with Crippen molar-refractivity contribution in [2.45, 2.75) is 44.7 Å². The van der Waals surface area contributed by atoms with E-state index in [4.69, 9.17) is 29.0 Å². The number of benzene rings is 1. The van der Waals surface area contributed by atoms with Gasteiger partial charge in [-0.25, -0.2) is 9.36 Å². The van der Waals surface area contributed by atoms with Crippen LogP contribution in [0, 0.1) is 5.92 Å². The van der Waals surface area contributed by atoms with E-state index in [0.29, 0.717) is 5.75 Å². The Balaban J connectivity index is 1.40. The van der Waals surface area contributed by atoms with Gasteiger partial charge >= 0.3 is 19.4 Å². The molecule has 1 saturated heterocycles. The number of methoxy groups -OCH3 is 1. The van der Waals surface area contributed by atoms with Crippen molar-refractivity contribution < 1.29 is 32.6 Å². The van der Waals surface area contributed by atoms with E-state index in [1.54, 1.807) is 12.1 Å². The SMILES string of the molecule is COC(=O)[C@H](C)NP(=O)(OC[C@H]1OC[C@@H](n2ccc(N)nc2=O)O1)Oc1ccc(CC2CC2)cc1. The molecule has 1 aromatic heterocycles. The van der Waals surface area contributed by atoms with Gasteiger partial charge in [-0.2, -0.15) is 10.1 Å². The van der Waals surface area contributed by atoms with E-state index in [1.807, 2.05) is 12.1 Å². The molecule has 2 aromatic rings. The number of ether oxygens (including phenoxy) is 3. The fourth-order valence-corrected chi connectivity index (χ4v) is 4.99. The molecule has 1 aliphatic heterocycles. The van der Waals surface area contributed by atoms with Crippen molar-refractivity contribution in [2.75, 3.05) is 26.1 Å². The van der Waals surface area contributed by atoms with Crippen LogP contribution in [-0.2, 0) is 34.5 Å². The summed E-state index contributed by atoms with van der Waals surface area (Å²) in [6.07, 6.45) is 3.22. The van der Waals surface area contributed by atoms with Crippen LogP contribution < -0.4 is 21.0 Å². The van der Waals surface area contributed by atoms with E-state index in [1.165, 1.54) is 43.7 Å². The molecule has 2 aliphatic rings. The zero-order valence-corrected chi connectivity index (χ0v) is 20.4. The minimum absolute atomic E-state index is 0.0408. The van der Waals surface area contributed by atoms with Crippen LogP contribution in [0.2, 0.25) is 0 Å². The first-order valence-electron chi connectivity index (χ1n) is 11.2. The Morgan fingerprint density at radius 3 is 2.71 bits per heavy atom. The third-order valence-electron chi connectivity index (χ3n) is 5.55. The van der Waals surface area contributed by atoms with Crippen LogP contribution in [0.4, 0.5) is 5.82 Å². The summed E-state index contributed by atoms with van der Waals surface area (Å²) in [6.45, 7) is 1.22. The first-order valence-corrected chi connectivity index (χ1v) is 12.8. The average molecular weight is 508 g/mol. The van der Waals surface area contributed by atoms with Crippen LogP contribution in [0.15, 0.2) is 41.3 Å². The van der Waals surface area contributed by atoms with Crippen LogP contribution in [0.3, 0.4) is 0 Å². The number of rotatable bonds is 11. The van der Waals surface area contributed by atoms with E-state index >= 15 is 0 Å². The fraction of sp³-hybridized carbons (Fsp3) is 0.500. The Hall–Kier alpha value is -2.76. The molecule has 35 heavy (non-hydrogen) atoms. The van der Waals surface area contributed by atoms with Crippen molar-refractivity contribution in [2.24, 2.45) is 5.92 Å². The molecule has 0 spiro atoms. The Labute approximate surface area is 202 Å². The maximum absolute atomic E-state index is 13.5. The number of nitrogen functional groups attached to an aromatic ring is 1. The highest BCUT2D eigenvalue weighted by Gasteiger charge is 2.36. The molecule has 4 atom stereocenters. The lowest BCUT2D eigenvalue weighted by atomic mass is 10.1. The quantitative estimate of drug-likeness (QED) is 0.338. The van der Waals surface area contributed by atoms with Crippen LogP contribution in [0.25, 0.3) is 0 Å². The van der Waals surface area contributed by atoms with Gasteiger partial charge in [0.1, 0.15) is 24.2 Å². The van der Waals surface area contributed by atoms with Crippen LogP contribution in [0.1, 0.15) is 31.6 Å². The average Bonchev–Trinajstić information content (AvgIpc) is 3.52. The number of aromatic nitrogens is 2. The number of anilines is 1. The van der Waals surface area contributed by atoms with Crippen molar-refractivity contribution in [3.8, 4) is 5.75 Å². The zero-order valence-electron chi connectivity index (χ0n) is 19.5. The highest BCUT2D eigenvalue weighted by Crippen LogP contribution is 2.45. The summed E-state index contributed by atoms with van der Waals surface area (Å²) >= 11 is 0. The first kappa shape index (κ1) is 25.3. The number of nitrogens with two attached hydrogens (primary N) is 1. The lowest BCUT2D eigenvalue weighted by Crippen LogP contribution is -2.35. The second kappa shape index (κ2) is 10.9. The summed E-state index contributed by atoms with van der Waals surface area (Å²) in [5.41, 5.74) is 6.09. The summed E-state index contributed by atoms with van der Waals surface area (Å²) in [4.78, 5) is 27.6. The highest BCUT2D eigenvalue weighted by atomic mass is 31.2. The van der Waals surface area contributed by atoms with E-state index in [2.05, 4.69) is 10.1 Å². The fourth-order valence-electron chi connectivity index (χ4n) is 3.52. The maximum atomic E-state index is 13.5. The Morgan fingerprint density at radius 2 is 2.06 bits per heavy atom. The third-order valence-corrected chi connectivity index (χ3v) is 7.20. The highest BCUT2D eigenvalue weighted by molar-refractivity contribution is 7.52. The van der Waals surface area contributed by atoms with Gasteiger partial charge in [-0.05, 0) is 55.9 Å². The standard InChI is InChI=1S/C22H29N4O8P/c1-14(21(27)30-2)25-35(29,34-17-7-5-16(6-8-17)11-15-3-4-15)32-13-20-31-12-19(33-20)26-10-9-18(23)24-22(26)28/h5-10,14-15,19-20H,3-4,11-13H2,1-2H3,(H,25,29)(H2,23,24,28)/t14-,19-,20-,35?/m0/s1. The molecule has 13 heteroatoms. The maximum Gasteiger partial charge on any atom is 0.459 e. The summed E-state index contributed by atoms with van der Waals surface area (Å²) in [6, 6.07) is 7.72. The molecular weight excluding hydrogens is 479 g/mol. The summed E-state index contributed by atoms with van der Waals surface area (Å²) in [7, 11) is -2.84. The molecule has 0 radical (unpaired) electrons. The number of nitrogens with one attached hydrogen (secondary N) is 1. The molecule has 2 fully saturated rings. The number of esters is 1. The van der Waals surface area contributed by atoms with Gasteiger partial charge in [0.05, 0.1) is 13.7 Å². The molecule has 12 nitrogen and oxygen atoms in total. The van der Waals surface area contributed by atoms with Crippen molar-refractivity contribution in [3.63, 3.8) is 0 Å². The molecule has 1 saturated carbocycles. The van der Waals surface area contributed by atoms with Crippen LogP contribution >= 0.6 is 7.75 Å². The summed E-state index contributed by atoms with van der Waals surface area (Å²) in [5, 5.41) is 2.58. The van der Waals surface area contributed by atoms with Gasteiger partial charge in [0, 0.05) is 6.20 Å². The Morgan fingerprint density at radius 1 is 1.31 bits per heavy atom. The van der Waals surface area contributed by atoms with E-state index in [0.717, 1.165) is 17.9 Å². The van der Waals surface area contributed by atoms with E-state index in [-0.39, 0.29) is 19.0 Å². The van der Waals surface area contributed by atoms with Gasteiger partial charge in [0.25, 0.3) is 0 Å². The lowest BCUT2D eigenvalue weighted by molar-refractivity contribution is -0.142. The molecule has 0 amide bonds. The number of hydrogen-bond donors (Lipinski definition) is 2. The van der Waals surface area contributed by atoms with Crippen molar-refractivity contribution >= 4 is 19.5 Å². The van der Waals surface area contributed by atoms with Gasteiger partial charge in [0.2, 0.25) is 0 Å². The van der Waals surface area contributed by atoms with Gasteiger partial charge in [0.15, 0.2) is 12.5 Å². The predicted molar refractivity (Wildman–Crippen MR) is 124 cm³/mol. The largest absolute Gasteiger partial charge is 0.468 e.